The van der Waals surface area contributed by atoms with Crippen molar-refractivity contribution in [2.75, 3.05) is 11.9 Å². The van der Waals surface area contributed by atoms with Gasteiger partial charge in [-0.3, -0.25) is 0 Å². The fraction of sp³-hybridized carbons (Fsp3) is 0.250. The van der Waals surface area contributed by atoms with Crippen LogP contribution in [0.1, 0.15) is 18.1 Å². The maximum absolute atomic E-state index is 13.9. The van der Waals surface area contributed by atoms with Gasteiger partial charge >= 0.3 is 0 Å². The number of aryl methyl sites for hydroxylation is 1. The predicted molar refractivity (Wildman–Crippen MR) is 82.0 cm³/mol. The number of hydrogen-bond donors (Lipinski definition) is 0. The minimum Gasteiger partial charge on any atom is -0.370 e. The van der Waals surface area contributed by atoms with Crippen LogP contribution in [0.15, 0.2) is 40.9 Å². The number of rotatable bonds is 4. The van der Waals surface area contributed by atoms with E-state index in [-0.39, 0.29) is 16.6 Å². The quantitative estimate of drug-likeness (QED) is 0.714. The second-order valence-corrected chi connectivity index (χ2v) is 5.55. The lowest BCUT2D eigenvalue weighted by molar-refractivity contribution is 0.549. The van der Waals surface area contributed by atoms with Crippen LogP contribution in [-0.2, 0) is 13.0 Å². The highest BCUT2D eigenvalue weighted by Gasteiger charge is 2.14. The molecule has 0 bridgehead atoms. The first kappa shape index (κ1) is 15.0. The third-order valence-electron chi connectivity index (χ3n) is 3.32. The van der Waals surface area contributed by atoms with Gasteiger partial charge in [-0.05, 0) is 52.2 Å². The molecule has 106 valence electrons. The number of anilines is 1. The van der Waals surface area contributed by atoms with Crippen molar-refractivity contribution >= 4 is 21.6 Å². The molecule has 0 radical (unpaired) electrons. The van der Waals surface area contributed by atoms with E-state index < -0.39 is 11.6 Å². The maximum atomic E-state index is 13.9. The summed E-state index contributed by atoms with van der Waals surface area (Å²) in [4.78, 5) is 1.83. The molecular formula is C16H16BrF2N. The summed E-state index contributed by atoms with van der Waals surface area (Å²) in [6.45, 7) is 2.27. The molecule has 2 aromatic carbocycles. The second-order valence-electron chi connectivity index (χ2n) is 4.70. The van der Waals surface area contributed by atoms with E-state index in [1.807, 2.05) is 36.2 Å². The minimum absolute atomic E-state index is 0.0708. The van der Waals surface area contributed by atoms with Crippen molar-refractivity contribution in [3.8, 4) is 0 Å². The van der Waals surface area contributed by atoms with Gasteiger partial charge in [0.05, 0.1) is 4.47 Å². The van der Waals surface area contributed by atoms with Gasteiger partial charge in [0.2, 0.25) is 0 Å². The zero-order chi connectivity index (χ0) is 14.7. The molecule has 0 aromatic heterocycles. The van der Waals surface area contributed by atoms with Crippen molar-refractivity contribution in [3.63, 3.8) is 0 Å². The Labute approximate surface area is 126 Å². The topological polar surface area (TPSA) is 3.24 Å². The van der Waals surface area contributed by atoms with E-state index in [1.165, 1.54) is 17.7 Å². The molecule has 0 N–H and O–H groups in total. The number of halogens is 3. The number of benzene rings is 2. The van der Waals surface area contributed by atoms with E-state index >= 15 is 0 Å². The van der Waals surface area contributed by atoms with E-state index in [1.54, 1.807) is 0 Å². The first-order valence-electron chi connectivity index (χ1n) is 6.45. The summed E-state index contributed by atoms with van der Waals surface area (Å²) < 4.78 is 28.0. The van der Waals surface area contributed by atoms with Crippen LogP contribution < -0.4 is 4.90 Å². The summed E-state index contributed by atoms with van der Waals surface area (Å²) in [7, 11) is 1.82. The van der Waals surface area contributed by atoms with Crippen LogP contribution in [0, 0.1) is 11.6 Å². The van der Waals surface area contributed by atoms with Crippen molar-refractivity contribution in [1.29, 1.82) is 0 Å². The molecule has 2 rings (SSSR count). The molecule has 0 atom stereocenters. The van der Waals surface area contributed by atoms with Crippen LogP contribution in [0.25, 0.3) is 0 Å². The summed E-state index contributed by atoms with van der Waals surface area (Å²) >= 11 is 3.09. The Hall–Kier alpha value is -1.42. The van der Waals surface area contributed by atoms with Crippen LogP contribution in [0.4, 0.5) is 14.5 Å². The Morgan fingerprint density at radius 1 is 1.05 bits per heavy atom. The normalized spacial score (nSPS) is 10.7. The van der Waals surface area contributed by atoms with Gasteiger partial charge in [0, 0.05) is 24.8 Å². The Bertz CT molecular complexity index is 596. The van der Waals surface area contributed by atoms with Crippen molar-refractivity contribution in [2.24, 2.45) is 0 Å². The summed E-state index contributed by atoms with van der Waals surface area (Å²) in [6.07, 6.45) is 0.971. The molecule has 1 nitrogen and oxygen atoms in total. The molecule has 0 saturated carbocycles. The summed E-state index contributed by atoms with van der Waals surface area (Å²) in [5.41, 5.74) is 2.24. The summed E-state index contributed by atoms with van der Waals surface area (Å²) in [5, 5.41) is 0. The first-order chi connectivity index (χ1) is 9.52. The lowest BCUT2D eigenvalue weighted by Gasteiger charge is -2.20. The minimum atomic E-state index is -0.540. The highest BCUT2D eigenvalue weighted by molar-refractivity contribution is 9.10. The average molecular weight is 340 g/mol. The van der Waals surface area contributed by atoms with Gasteiger partial charge in [-0.1, -0.05) is 19.1 Å². The van der Waals surface area contributed by atoms with E-state index in [9.17, 15) is 8.78 Å². The summed E-state index contributed by atoms with van der Waals surface area (Å²) in [5.74, 6) is -1.07. The molecule has 0 aliphatic rings. The van der Waals surface area contributed by atoms with Gasteiger partial charge in [0.1, 0.15) is 11.6 Å². The molecule has 0 spiro atoms. The Balaban J connectivity index is 2.23. The van der Waals surface area contributed by atoms with Crippen LogP contribution in [0.2, 0.25) is 0 Å². The second kappa shape index (κ2) is 6.35. The summed E-state index contributed by atoms with van der Waals surface area (Å²) in [6, 6.07) is 10.6. The van der Waals surface area contributed by atoms with Gasteiger partial charge in [-0.2, -0.15) is 0 Å². The fourth-order valence-electron chi connectivity index (χ4n) is 2.03. The van der Waals surface area contributed by atoms with Gasteiger partial charge < -0.3 is 4.90 Å². The van der Waals surface area contributed by atoms with Gasteiger partial charge in [-0.25, -0.2) is 8.78 Å². The van der Waals surface area contributed by atoms with Crippen LogP contribution in [0.3, 0.4) is 0 Å². The molecule has 0 saturated heterocycles. The third-order valence-corrected chi connectivity index (χ3v) is 3.93. The molecule has 4 heteroatoms. The van der Waals surface area contributed by atoms with Gasteiger partial charge in [0.15, 0.2) is 0 Å². The van der Waals surface area contributed by atoms with Crippen molar-refractivity contribution in [2.45, 2.75) is 19.9 Å². The molecule has 0 unspecified atom stereocenters. The zero-order valence-electron chi connectivity index (χ0n) is 11.5. The maximum Gasteiger partial charge on any atom is 0.145 e. The number of hydrogen-bond acceptors (Lipinski definition) is 1. The fourth-order valence-corrected chi connectivity index (χ4v) is 2.40. The van der Waals surface area contributed by atoms with Crippen molar-refractivity contribution in [3.05, 3.63) is 63.6 Å². The van der Waals surface area contributed by atoms with Crippen LogP contribution in [0.5, 0.6) is 0 Å². The third kappa shape index (κ3) is 3.18. The van der Waals surface area contributed by atoms with Crippen molar-refractivity contribution < 1.29 is 8.78 Å². The van der Waals surface area contributed by atoms with Crippen LogP contribution >= 0.6 is 15.9 Å². The monoisotopic (exact) mass is 339 g/mol. The molecular weight excluding hydrogens is 324 g/mol. The zero-order valence-corrected chi connectivity index (χ0v) is 13.0. The molecule has 0 amide bonds. The SMILES string of the molecule is CCc1ccc(N(C)Cc2c(F)ccc(Br)c2F)cc1. The number of nitrogens with zero attached hydrogens (tertiary/aromatic N) is 1. The predicted octanol–water partition coefficient (Wildman–Crippen LogP) is 4.93. The largest absolute Gasteiger partial charge is 0.370 e. The lowest BCUT2D eigenvalue weighted by atomic mass is 10.1. The first-order valence-corrected chi connectivity index (χ1v) is 7.24. The van der Waals surface area contributed by atoms with Gasteiger partial charge in [-0.15, -0.1) is 0 Å². The Morgan fingerprint density at radius 2 is 1.70 bits per heavy atom. The average Bonchev–Trinajstić information content (AvgIpc) is 2.47. The van der Waals surface area contributed by atoms with E-state index in [0.717, 1.165) is 12.1 Å². The molecule has 2 aromatic rings. The standard InChI is InChI=1S/C16H16BrF2N/c1-3-11-4-6-12(7-5-11)20(2)10-13-15(18)9-8-14(17)16(13)19/h4-9H,3,10H2,1-2H3. The van der Waals surface area contributed by atoms with Crippen molar-refractivity contribution in [1.82, 2.24) is 0 Å². The van der Waals surface area contributed by atoms with Gasteiger partial charge in [0.25, 0.3) is 0 Å². The molecule has 0 aliphatic carbocycles. The lowest BCUT2D eigenvalue weighted by Crippen LogP contribution is -2.18. The smallest absolute Gasteiger partial charge is 0.145 e. The molecule has 0 fully saturated rings. The molecule has 20 heavy (non-hydrogen) atoms. The van der Waals surface area contributed by atoms with E-state index in [4.69, 9.17) is 0 Å². The highest BCUT2D eigenvalue weighted by Crippen LogP contribution is 2.24. The van der Waals surface area contributed by atoms with E-state index in [2.05, 4.69) is 22.9 Å². The highest BCUT2D eigenvalue weighted by atomic mass is 79.9. The molecule has 0 aliphatic heterocycles. The Morgan fingerprint density at radius 3 is 2.30 bits per heavy atom. The van der Waals surface area contributed by atoms with E-state index in [0.29, 0.717) is 0 Å². The molecule has 0 heterocycles. The van der Waals surface area contributed by atoms with Crippen LogP contribution in [-0.4, -0.2) is 7.05 Å². The Kier molecular flexibility index (Phi) is 4.76.